The Morgan fingerprint density at radius 3 is 2.10 bits per heavy atom. The zero-order valence-corrected chi connectivity index (χ0v) is 19.1. The Hall–Kier alpha value is -2.53. The minimum absolute atomic E-state index is 0.0110. The number of nitrogens with zero attached hydrogens (tertiary/aromatic N) is 1. The van der Waals surface area contributed by atoms with Gasteiger partial charge in [-0.2, -0.15) is 0 Å². The number of amides is 2. The molecule has 1 atom stereocenters. The minimum Gasteiger partial charge on any atom is -0.484 e. The zero-order valence-electron chi connectivity index (χ0n) is 18.3. The van der Waals surface area contributed by atoms with E-state index in [1.165, 1.54) is 10.5 Å². The Morgan fingerprint density at radius 2 is 1.57 bits per heavy atom. The van der Waals surface area contributed by atoms with Gasteiger partial charge in [0.2, 0.25) is 5.91 Å². The molecule has 0 aromatic heterocycles. The van der Waals surface area contributed by atoms with Crippen molar-refractivity contribution in [3.05, 3.63) is 64.7 Å². The quantitative estimate of drug-likeness (QED) is 0.622. The van der Waals surface area contributed by atoms with Crippen molar-refractivity contribution in [2.45, 2.75) is 59.2 Å². The summed E-state index contributed by atoms with van der Waals surface area (Å²) in [5.41, 5.74) is 2.09. The van der Waals surface area contributed by atoms with Crippen LogP contribution in [-0.4, -0.2) is 35.4 Å². The number of carbonyl (C=O) groups excluding carboxylic acids is 2. The Morgan fingerprint density at radius 1 is 0.967 bits per heavy atom. The lowest BCUT2D eigenvalue weighted by Gasteiger charge is -2.29. The van der Waals surface area contributed by atoms with E-state index in [-0.39, 0.29) is 24.5 Å². The molecule has 1 unspecified atom stereocenters. The third kappa shape index (κ3) is 7.06. The molecule has 0 aliphatic heterocycles. The minimum atomic E-state index is -0.637. The largest absolute Gasteiger partial charge is 0.484 e. The SMILES string of the molecule is CC(C)NC(=O)C(C)N(Cc1ccc(Cl)cc1)C(=O)COc1ccc(C(C)C)cc1. The maximum Gasteiger partial charge on any atom is 0.261 e. The molecule has 1 N–H and O–H groups in total. The normalized spacial score (nSPS) is 12.0. The van der Waals surface area contributed by atoms with Crippen LogP contribution in [0, 0.1) is 0 Å². The highest BCUT2D eigenvalue weighted by Crippen LogP contribution is 2.19. The van der Waals surface area contributed by atoms with Gasteiger partial charge >= 0.3 is 0 Å². The highest BCUT2D eigenvalue weighted by molar-refractivity contribution is 6.30. The first-order chi connectivity index (χ1) is 14.2. The standard InChI is InChI=1S/C24H31ClN2O3/c1-16(2)20-8-12-22(13-9-20)30-15-23(28)27(18(5)24(29)26-17(3)4)14-19-6-10-21(25)11-7-19/h6-13,16-18H,14-15H2,1-5H3,(H,26,29). The Labute approximate surface area is 184 Å². The van der Waals surface area contributed by atoms with E-state index >= 15 is 0 Å². The molecule has 0 heterocycles. The van der Waals surface area contributed by atoms with Gasteiger partial charge < -0.3 is 15.0 Å². The average Bonchev–Trinajstić information content (AvgIpc) is 2.70. The van der Waals surface area contributed by atoms with Gasteiger partial charge in [-0.25, -0.2) is 0 Å². The number of hydrogen-bond donors (Lipinski definition) is 1. The van der Waals surface area contributed by atoms with Crippen molar-refractivity contribution in [3.8, 4) is 5.75 Å². The van der Waals surface area contributed by atoms with E-state index in [4.69, 9.17) is 16.3 Å². The fraction of sp³-hybridized carbons (Fsp3) is 0.417. The summed E-state index contributed by atoms with van der Waals surface area (Å²) in [7, 11) is 0. The summed E-state index contributed by atoms with van der Waals surface area (Å²) in [6.07, 6.45) is 0. The van der Waals surface area contributed by atoms with Gasteiger partial charge in [0.15, 0.2) is 6.61 Å². The van der Waals surface area contributed by atoms with Gasteiger partial charge in [-0.1, -0.05) is 49.7 Å². The molecule has 6 heteroatoms. The molecular formula is C24H31ClN2O3. The molecule has 2 rings (SSSR count). The van der Waals surface area contributed by atoms with Crippen molar-refractivity contribution in [2.24, 2.45) is 0 Å². The number of carbonyl (C=O) groups is 2. The van der Waals surface area contributed by atoms with Gasteiger partial charge in [0.25, 0.3) is 5.91 Å². The number of halogens is 1. The van der Waals surface area contributed by atoms with Crippen LogP contribution < -0.4 is 10.1 Å². The fourth-order valence-corrected chi connectivity index (χ4v) is 3.08. The molecule has 0 bridgehead atoms. The first-order valence-electron chi connectivity index (χ1n) is 10.2. The second-order valence-corrected chi connectivity index (χ2v) is 8.44. The lowest BCUT2D eigenvalue weighted by Crippen LogP contribution is -2.50. The molecule has 0 aliphatic carbocycles. The number of nitrogens with one attached hydrogen (secondary N) is 1. The molecule has 2 aromatic carbocycles. The van der Waals surface area contributed by atoms with Gasteiger partial charge in [-0.05, 0) is 62.1 Å². The van der Waals surface area contributed by atoms with E-state index < -0.39 is 6.04 Å². The van der Waals surface area contributed by atoms with Gasteiger partial charge in [0.1, 0.15) is 11.8 Å². The van der Waals surface area contributed by atoms with Crippen LogP contribution >= 0.6 is 11.6 Å². The summed E-state index contributed by atoms with van der Waals surface area (Å²) in [4.78, 5) is 27.1. The molecule has 2 amide bonds. The Kier molecular flexibility index (Phi) is 8.72. The van der Waals surface area contributed by atoms with Crippen LogP contribution in [0.2, 0.25) is 5.02 Å². The highest BCUT2D eigenvalue weighted by Gasteiger charge is 2.26. The zero-order chi connectivity index (χ0) is 22.3. The van der Waals surface area contributed by atoms with E-state index in [9.17, 15) is 9.59 Å². The Balaban J connectivity index is 2.11. The molecule has 0 aliphatic rings. The monoisotopic (exact) mass is 430 g/mol. The van der Waals surface area contributed by atoms with Gasteiger partial charge in [-0.15, -0.1) is 0 Å². The first-order valence-corrected chi connectivity index (χ1v) is 10.6. The fourth-order valence-electron chi connectivity index (χ4n) is 2.95. The lowest BCUT2D eigenvalue weighted by molar-refractivity contribution is -0.142. The number of rotatable bonds is 9. The molecule has 0 spiro atoms. The molecule has 5 nitrogen and oxygen atoms in total. The summed E-state index contributed by atoms with van der Waals surface area (Å²) in [5, 5.41) is 3.49. The van der Waals surface area contributed by atoms with E-state index in [1.807, 2.05) is 50.2 Å². The molecule has 0 fully saturated rings. The summed E-state index contributed by atoms with van der Waals surface area (Å²) < 4.78 is 5.71. The molecule has 162 valence electrons. The number of ether oxygens (including phenoxy) is 1. The van der Waals surface area contributed by atoms with Crippen molar-refractivity contribution < 1.29 is 14.3 Å². The molecule has 0 radical (unpaired) electrons. The summed E-state index contributed by atoms with van der Waals surface area (Å²) in [5.74, 6) is 0.590. The number of hydrogen-bond acceptors (Lipinski definition) is 3. The molecule has 30 heavy (non-hydrogen) atoms. The predicted molar refractivity (Wildman–Crippen MR) is 121 cm³/mol. The number of benzene rings is 2. The summed E-state index contributed by atoms with van der Waals surface area (Å²) >= 11 is 5.96. The summed E-state index contributed by atoms with van der Waals surface area (Å²) in [6, 6.07) is 14.3. The van der Waals surface area contributed by atoms with Crippen molar-refractivity contribution >= 4 is 23.4 Å². The van der Waals surface area contributed by atoms with Crippen LogP contribution in [0.5, 0.6) is 5.75 Å². The van der Waals surface area contributed by atoms with Crippen LogP contribution in [0.15, 0.2) is 48.5 Å². The smallest absolute Gasteiger partial charge is 0.261 e. The van der Waals surface area contributed by atoms with Crippen molar-refractivity contribution in [1.29, 1.82) is 0 Å². The lowest BCUT2D eigenvalue weighted by atomic mass is 10.0. The second-order valence-electron chi connectivity index (χ2n) is 8.00. The predicted octanol–water partition coefficient (Wildman–Crippen LogP) is 4.78. The molecular weight excluding hydrogens is 400 g/mol. The third-order valence-corrected chi connectivity index (χ3v) is 5.03. The molecule has 2 aromatic rings. The van der Waals surface area contributed by atoms with Gasteiger partial charge in [0.05, 0.1) is 0 Å². The average molecular weight is 431 g/mol. The van der Waals surface area contributed by atoms with Gasteiger partial charge in [-0.3, -0.25) is 9.59 Å². The first kappa shape index (κ1) is 23.7. The third-order valence-electron chi connectivity index (χ3n) is 4.77. The van der Waals surface area contributed by atoms with Gasteiger partial charge in [0, 0.05) is 17.6 Å². The van der Waals surface area contributed by atoms with E-state index in [0.717, 1.165) is 5.56 Å². The van der Waals surface area contributed by atoms with Crippen LogP contribution in [0.1, 0.15) is 51.7 Å². The maximum atomic E-state index is 13.0. The van der Waals surface area contributed by atoms with Crippen LogP contribution in [0.25, 0.3) is 0 Å². The van der Waals surface area contributed by atoms with E-state index in [1.54, 1.807) is 19.1 Å². The molecule has 0 saturated heterocycles. The second kappa shape index (κ2) is 11.0. The molecule has 0 saturated carbocycles. The highest BCUT2D eigenvalue weighted by atomic mass is 35.5. The van der Waals surface area contributed by atoms with Crippen molar-refractivity contribution in [1.82, 2.24) is 10.2 Å². The maximum absolute atomic E-state index is 13.0. The summed E-state index contributed by atoms with van der Waals surface area (Å²) in [6.45, 7) is 9.89. The van der Waals surface area contributed by atoms with Crippen LogP contribution in [0.4, 0.5) is 0 Å². The van der Waals surface area contributed by atoms with E-state index in [2.05, 4.69) is 19.2 Å². The van der Waals surface area contributed by atoms with Crippen LogP contribution in [-0.2, 0) is 16.1 Å². The topological polar surface area (TPSA) is 58.6 Å². The van der Waals surface area contributed by atoms with Crippen LogP contribution in [0.3, 0.4) is 0 Å². The Bertz CT molecular complexity index is 833. The van der Waals surface area contributed by atoms with E-state index in [0.29, 0.717) is 23.2 Å². The van der Waals surface area contributed by atoms with Crippen molar-refractivity contribution in [2.75, 3.05) is 6.61 Å². The van der Waals surface area contributed by atoms with Crippen molar-refractivity contribution in [3.63, 3.8) is 0 Å².